The SMILES string of the molecule is C=CCNCCCC(C)[N+](C)(C)C(C)(CC(=O)O)C(=O)O. The van der Waals surface area contributed by atoms with Crippen LogP contribution >= 0.6 is 0 Å². The Morgan fingerprint density at radius 2 is 1.95 bits per heavy atom. The number of carboxylic acid groups (broad SMARTS) is 2. The number of carbonyl (C=O) groups is 2. The molecule has 0 radical (unpaired) electrons. The van der Waals surface area contributed by atoms with Gasteiger partial charge in [0.25, 0.3) is 0 Å². The van der Waals surface area contributed by atoms with Crippen molar-refractivity contribution in [3.8, 4) is 0 Å². The number of hydrogen-bond donors (Lipinski definition) is 3. The van der Waals surface area contributed by atoms with E-state index < -0.39 is 23.9 Å². The Morgan fingerprint density at radius 1 is 1.38 bits per heavy atom. The van der Waals surface area contributed by atoms with Crippen LogP contribution in [0.5, 0.6) is 0 Å². The highest BCUT2D eigenvalue weighted by molar-refractivity contribution is 5.83. The third kappa shape index (κ3) is 5.13. The molecule has 6 nitrogen and oxygen atoms in total. The fourth-order valence-electron chi connectivity index (χ4n) is 2.36. The number of nitrogens with zero attached hydrogens (tertiary/aromatic N) is 1. The molecule has 0 spiro atoms. The molecule has 0 fully saturated rings. The number of rotatable bonds is 11. The van der Waals surface area contributed by atoms with Crippen LogP contribution in [-0.4, -0.2) is 65.4 Å². The highest BCUT2D eigenvalue weighted by atomic mass is 16.4. The Labute approximate surface area is 127 Å². The second-order valence-corrected chi connectivity index (χ2v) is 6.17. The van der Waals surface area contributed by atoms with Crippen LogP contribution in [0, 0.1) is 0 Å². The highest BCUT2D eigenvalue weighted by Gasteiger charge is 2.52. The predicted molar refractivity (Wildman–Crippen MR) is 82.2 cm³/mol. The van der Waals surface area contributed by atoms with Gasteiger partial charge in [0.2, 0.25) is 5.54 Å². The second-order valence-electron chi connectivity index (χ2n) is 6.17. The van der Waals surface area contributed by atoms with Crippen molar-refractivity contribution in [3.63, 3.8) is 0 Å². The summed E-state index contributed by atoms with van der Waals surface area (Å²) in [6, 6.07) is 0.0379. The normalized spacial score (nSPS) is 16.0. The van der Waals surface area contributed by atoms with Gasteiger partial charge in [-0.1, -0.05) is 6.08 Å². The molecule has 0 rings (SSSR count). The summed E-state index contributed by atoms with van der Waals surface area (Å²) in [5, 5.41) is 21.7. The maximum Gasteiger partial charge on any atom is 0.366 e. The van der Waals surface area contributed by atoms with Crippen LogP contribution in [0.1, 0.15) is 33.1 Å². The number of aliphatic carboxylic acids is 2. The average Bonchev–Trinajstić information content (AvgIpc) is 2.36. The summed E-state index contributed by atoms with van der Waals surface area (Å²) in [7, 11) is 3.58. The molecule has 0 aliphatic carbocycles. The molecule has 0 amide bonds. The predicted octanol–water partition coefficient (Wildman–Crippen LogP) is 1.33. The third-order valence-corrected chi connectivity index (χ3v) is 4.59. The number of hydrogen-bond acceptors (Lipinski definition) is 3. The average molecular weight is 301 g/mol. The summed E-state index contributed by atoms with van der Waals surface area (Å²) >= 11 is 0. The van der Waals surface area contributed by atoms with Gasteiger partial charge in [-0.05, 0) is 19.9 Å². The Balaban J connectivity index is 4.82. The first-order chi connectivity index (χ1) is 9.59. The van der Waals surface area contributed by atoms with Gasteiger partial charge in [-0.15, -0.1) is 6.58 Å². The standard InChI is InChI=1S/C15H28N2O4/c1-6-9-16-10-7-8-12(2)17(4,5)15(3,14(20)21)11-13(18)19/h6,12,16H,1,7-11H2,2-5H3,(H-,18,19,20,21)/p+1. The van der Waals surface area contributed by atoms with Crippen LogP contribution < -0.4 is 5.32 Å². The molecule has 0 aliphatic rings. The topological polar surface area (TPSA) is 86.6 Å². The van der Waals surface area contributed by atoms with Crippen LogP contribution in [0.4, 0.5) is 0 Å². The molecule has 0 aliphatic heterocycles. The molecule has 0 aromatic heterocycles. The molecule has 6 heteroatoms. The summed E-state index contributed by atoms with van der Waals surface area (Å²) in [4.78, 5) is 22.6. The van der Waals surface area contributed by atoms with Crippen LogP contribution in [-0.2, 0) is 9.59 Å². The lowest BCUT2D eigenvalue weighted by Crippen LogP contribution is -2.66. The maximum atomic E-state index is 11.6. The molecule has 21 heavy (non-hydrogen) atoms. The Bertz CT molecular complexity index is 382. The van der Waals surface area contributed by atoms with Gasteiger partial charge in [-0.25, -0.2) is 4.79 Å². The zero-order valence-electron chi connectivity index (χ0n) is 13.6. The zero-order chi connectivity index (χ0) is 16.7. The second kappa shape index (κ2) is 8.14. The van der Waals surface area contributed by atoms with E-state index in [0.717, 1.165) is 25.9 Å². The minimum Gasteiger partial charge on any atom is -0.481 e. The van der Waals surface area contributed by atoms with E-state index in [1.165, 1.54) is 6.92 Å². The lowest BCUT2D eigenvalue weighted by Gasteiger charge is -2.47. The fraction of sp³-hybridized carbons (Fsp3) is 0.733. The maximum absolute atomic E-state index is 11.6. The van der Waals surface area contributed by atoms with Gasteiger partial charge in [-0.3, -0.25) is 4.79 Å². The summed E-state index contributed by atoms with van der Waals surface area (Å²) in [5.74, 6) is -2.17. The van der Waals surface area contributed by atoms with Gasteiger partial charge < -0.3 is 20.0 Å². The molecule has 0 heterocycles. The number of quaternary nitrogens is 1. The van der Waals surface area contributed by atoms with E-state index in [4.69, 9.17) is 5.11 Å². The number of nitrogens with one attached hydrogen (secondary N) is 1. The third-order valence-electron chi connectivity index (χ3n) is 4.59. The highest BCUT2D eigenvalue weighted by Crippen LogP contribution is 2.30. The first-order valence-electron chi connectivity index (χ1n) is 7.20. The van der Waals surface area contributed by atoms with Crippen LogP contribution in [0.15, 0.2) is 12.7 Å². The first kappa shape index (κ1) is 19.6. The molecular formula is C15H29N2O4+. The van der Waals surface area contributed by atoms with E-state index in [9.17, 15) is 14.7 Å². The van der Waals surface area contributed by atoms with Crippen molar-refractivity contribution in [2.24, 2.45) is 0 Å². The summed E-state index contributed by atoms with van der Waals surface area (Å²) in [6.45, 7) is 8.69. The van der Waals surface area contributed by atoms with Crippen molar-refractivity contribution in [3.05, 3.63) is 12.7 Å². The summed E-state index contributed by atoms with van der Waals surface area (Å²) in [6.07, 6.45) is 3.12. The first-order valence-corrected chi connectivity index (χ1v) is 7.20. The smallest absolute Gasteiger partial charge is 0.366 e. The van der Waals surface area contributed by atoms with E-state index in [2.05, 4.69) is 11.9 Å². The summed E-state index contributed by atoms with van der Waals surface area (Å²) < 4.78 is 0.135. The van der Waals surface area contributed by atoms with E-state index in [-0.39, 0.29) is 10.5 Å². The van der Waals surface area contributed by atoms with Crippen molar-refractivity contribution in [1.29, 1.82) is 0 Å². The van der Waals surface area contributed by atoms with Gasteiger partial charge in [0.1, 0.15) is 6.42 Å². The quantitative estimate of drug-likeness (QED) is 0.304. The molecule has 122 valence electrons. The lowest BCUT2D eigenvalue weighted by molar-refractivity contribution is -0.951. The molecule has 0 bridgehead atoms. The van der Waals surface area contributed by atoms with Crippen LogP contribution in [0.2, 0.25) is 0 Å². The molecule has 2 unspecified atom stereocenters. The Kier molecular flexibility index (Phi) is 7.60. The van der Waals surface area contributed by atoms with Crippen molar-refractivity contribution in [2.75, 3.05) is 27.2 Å². The Morgan fingerprint density at radius 3 is 2.38 bits per heavy atom. The molecule has 2 atom stereocenters. The van der Waals surface area contributed by atoms with Crippen LogP contribution in [0.25, 0.3) is 0 Å². The van der Waals surface area contributed by atoms with Gasteiger partial charge >= 0.3 is 11.9 Å². The van der Waals surface area contributed by atoms with E-state index in [1.54, 1.807) is 20.2 Å². The summed E-state index contributed by atoms with van der Waals surface area (Å²) in [5.41, 5.74) is -1.35. The monoisotopic (exact) mass is 301 g/mol. The molecule has 0 aromatic carbocycles. The molecule has 0 saturated carbocycles. The van der Waals surface area contributed by atoms with Crippen molar-refractivity contribution < 1.29 is 24.3 Å². The largest absolute Gasteiger partial charge is 0.481 e. The number of likely N-dealkylation sites (N-methyl/N-ethyl adjacent to an activating group) is 1. The van der Waals surface area contributed by atoms with Crippen LogP contribution in [0.3, 0.4) is 0 Å². The van der Waals surface area contributed by atoms with Gasteiger partial charge in [0.05, 0.1) is 20.1 Å². The van der Waals surface area contributed by atoms with E-state index in [1.807, 2.05) is 6.92 Å². The number of carboxylic acids is 2. The van der Waals surface area contributed by atoms with Gasteiger partial charge in [0.15, 0.2) is 0 Å². The fourth-order valence-corrected chi connectivity index (χ4v) is 2.36. The van der Waals surface area contributed by atoms with Gasteiger partial charge in [0, 0.05) is 19.9 Å². The molecule has 3 N–H and O–H groups in total. The molecule has 0 saturated heterocycles. The van der Waals surface area contributed by atoms with Crippen molar-refractivity contribution in [2.45, 2.75) is 44.7 Å². The Hall–Kier alpha value is -1.40. The zero-order valence-corrected chi connectivity index (χ0v) is 13.6. The van der Waals surface area contributed by atoms with Crippen molar-refractivity contribution in [1.82, 2.24) is 5.32 Å². The van der Waals surface area contributed by atoms with E-state index in [0.29, 0.717) is 0 Å². The van der Waals surface area contributed by atoms with E-state index >= 15 is 0 Å². The molecule has 0 aromatic rings. The lowest BCUT2D eigenvalue weighted by atomic mass is 9.90. The minimum atomic E-state index is -1.35. The van der Waals surface area contributed by atoms with Crippen molar-refractivity contribution >= 4 is 11.9 Å². The molecular weight excluding hydrogens is 272 g/mol. The minimum absolute atomic E-state index is 0.0379. The van der Waals surface area contributed by atoms with Gasteiger partial charge in [-0.2, -0.15) is 0 Å².